The highest BCUT2D eigenvalue weighted by Crippen LogP contribution is 2.27. The lowest BCUT2D eigenvalue weighted by Gasteiger charge is -2.30. The molecule has 1 N–H and O–H groups in total. The van der Waals surface area contributed by atoms with Crippen molar-refractivity contribution in [3.8, 4) is 0 Å². The Labute approximate surface area is 208 Å². The van der Waals surface area contributed by atoms with Crippen molar-refractivity contribution in [1.29, 1.82) is 0 Å². The standard InChI is InChI=1S/C27H36N4O3S/c1-20-29-24-8-5-6-9-25(24)31(20)17-7-16-28-26(32)21-14-18-30(19-15-21)35(33,34)23-12-10-22(11-13-23)27(2,3)4/h5-6,8-13,21H,7,14-19H2,1-4H3,(H,28,32). The van der Waals surface area contributed by atoms with Crippen molar-refractivity contribution in [3.63, 3.8) is 0 Å². The Balaban J connectivity index is 1.26. The lowest BCUT2D eigenvalue weighted by Crippen LogP contribution is -2.43. The number of rotatable bonds is 7. The van der Waals surface area contributed by atoms with Crippen LogP contribution < -0.4 is 5.32 Å². The Morgan fingerprint density at radius 1 is 1.06 bits per heavy atom. The van der Waals surface area contributed by atoms with Gasteiger partial charge in [-0.25, -0.2) is 13.4 Å². The predicted octanol–water partition coefficient (Wildman–Crippen LogP) is 4.25. The number of para-hydroxylation sites is 2. The maximum Gasteiger partial charge on any atom is 0.243 e. The van der Waals surface area contributed by atoms with Crippen LogP contribution in [-0.4, -0.2) is 47.8 Å². The van der Waals surface area contributed by atoms with Gasteiger partial charge in [0.05, 0.1) is 15.9 Å². The van der Waals surface area contributed by atoms with E-state index in [2.05, 4.69) is 41.7 Å². The zero-order chi connectivity index (χ0) is 25.2. The van der Waals surface area contributed by atoms with Gasteiger partial charge in [-0.05, 0) is 61.4 Å². The summed E-state index contributed by atoms with van der Waals surface area (Å²) in [4.78, 5) is 17.6. The van der Waals surface area contributed by atoms with Crippen LogP contribution in [0.15, 0.2) is 53.4 Å². The molecule has 4 rings (SSSR count). The van der Waals surface area contributed by atoms with Gasteiger partial charge in [0.1, 0.15) is 5.82 Å². The van der Waals surface area contributed by atoms with E-state index in [1.165, 1.54) is 4.31 Å². The molecular formula is C27H36N4O3S. The molecule has 2 aromatic carbocycles. The Morgan fingerprint density at radius 2 is 1.71 bits per heavy atom. The smallest absolute Gasteiger partial charge is 0.243 e. The van der Waals surface area contributed by atoms with Crippen molar-refractivity contribution in [2.45, 2.75) is 63.8 Å². The average Bonchev–Trinajstić information content (AvgIpc) is 3.16. The first-order valence-corrected chi connectivity index (χ1v) is 13.8. The molecule has 0 spiro atoms. The molecule has 0 unspecified atom stereocenters. The summed E-state index contributed by atoms with van der Waals surface area (Å²) in [6.45, 7) is 10.4. The number of hydrogen-bond donors (Lipinski definition) is 1. The highest BCUT2D eigenvalue weighted by molar-refractivity contribution is 7.89. The molecule has 1 aliphatic rings. The van der Waals surface area contributed by atoms with Crippen LogP contribution in [0, 0.1) is 12.8 Å². The van der Waals surface area contributed by atoms with Gasteiger partial charge in [-0.3, -0.25) is 4.79 Å². The molecule has 1 aliphatic heterocycles. The zero-order valence-electron chi connectivity index (χ0n) is 21.1. The third-order valence-electron chi connectivity index (χ3n) is 6.89. The third-order valence-corrected chi connectivity index (χ3v) is 8.80. The Hall–Kier alpha value is -2.71. The lowest BCUT2D eigenvalue weighted by atomic mass is 9.87. The number of hydrogen-bond acceptors (Lipinski definition) is 4. The van der Waals surface area contributed by atoms with E-state index in [-0.39, 0.29) is 17.2 Å². The lowest BCUT2D eigenvalue weighted by molar-refractivity contribution is -0.126. The number of carbonyl (C=O) groups is 1. The summed E-state index contributed by atoms with van der Waals surface area (Å²) in [6, 6.07) is 15.2. The van der Waals surface area contributed by atoms with Gasteiger partial charge in [-0.2, -0.15) is 4.31 Å². The summed E-state index contributed by atoms with van der Waals surface area (Å²) in [5.41, 5.74) is 3.17. The molecule has 0 radical (unpaired) electrons. The number of carbonyl (C=O) groups excluding carboxylic acids is 1. The van der Waals surface area contributed by atoms with E-state index in [4.69, 9.17) is 0 Å². The maximum absolute atomic E-state index is 13.1. The fraction of sp³-hybridized carbons (Fsp3) is 0.481. The van der Waals surface area contributed by atoms with Gasteiger partial charge in [-0.15, -0.1) is 0 Å². The quantitative estimate of drug-likeness (QED) is 0.496. The fourth-order valence-electron chi connectivity index (χ4n) is 4.71. The second-order valence-corrected chi connectivity index (χ2v) is 12.3. The number of nitrogens with one attached hydrogen (secondary N) is 1. The first-order chi connectivity index (χ1) is 16.6. The van der Waals surface area contributed by atoms with Crippen LogP contribution in [0.4, 0.5) is 0 Å². The van der Waals surface area contributed by atoms with Crippen LogP contribution in [0.2, 0.25) is 0 Å². The Bertz CT molecular complexity index is 1280. The van der Waals surface area contributed by atoms with Crippen LogP contribution in [0.1, 0.15) is 51.4 Å². The highest BCUT2D eigenvalue weighted by Gasteiger charge is 2.32. The van der Waals surface area contributed by atoms with E-state index in [0.29, 0.717) is 37.4 Å². The zero-order valence-corrected chi connectivity index (χ0v) is 21.9. The van der Waals surface area contributed by atoms with Crippen molar-refractivity contribution in [2.24, 2.45) is 5.92 Å². The second kappa shape index (κ2) is 10.1. The second-order valence-electron chi connectivity index (χ2n) is 10.4. The van der Waals surface area contributed by atoms with E-state index in [0.717, 1.165) is 35.4 Å². The van der Waals surface area contributed by atoms with E-state index in [1.807, 2.05) is 37.3 Å². The Morgan fingerprint density at radius 3 is 2.37 bits per heavy atom. The summed E-state index contributed by atoms with van der Waals surface area (Å²) in [5.74, 6) is 0.837. The third kappa shape index (κ3) is 5.59. The van der Waals surface area contributed by atoms with E-state index in [9.17, 15) is 13.2 Å². The summed E-state index contributed by atoms with van der Waals surface area (Å²) in [5, 5.41) is 3.05. The molecule has 188 valence electrons. The molecule has 7 nitrogen and oxygen atoms in total. The Kier molecular flexibility index (Phi) is 7.33. The van der Waals surface area contributed by atoms with Crippen LogP contribution in [0.5, 0.6) is 0 Å². The van der Waals surface area contributed by atoms with Crippen LogP contribution in [0.3, 0.4) is 0 Å². The van der Waals surface area contributed by atoms with Gasteiger partial charge in [0.15, 0.2) is 0 Å². The minimum absolute atomic E-state index is 0.0174. The number of fused-ring (bicyclic) bond motifs is 1. The molecule has 0 aliphatic carbocycles. The minimum atomic E-state index is -3.55. The maximum atomic E-state index is 13.1. The number of imidazole rings is 1. The predicted molar refractivity (Wildman–Crippen MR) is 139 cm³/mol. The summed E-state index contributed by atoms with van der Waals surface area (Å²) >= 11 is 0. The van der Waals surface area contributed by atoms with Gasteiger partial charge in [-0.1, -0.05) is 45.0 Å². The largest absolute Gasteiger partial charge is 0.356 e. The molecule has 1 fully saturated rings. The van der Waals surface area contributed by atoms with Gasteiger partial charge >= 0.3 is 0 Å². The SMILES string of the molecule is Cc1nc2ccccc2n1CCCNC(=O)C1CCN(S(=O)(=O)c2ccc(C(C)(C)C)cc2)CC1. The van der Waals surface area contributed by atoms with Crippen molar-refractivity contribution in [3.05, 3.63) is 59.9 Å². The first-order valence-electron chi connectivity index (χ1n) is 12.4. The molecule has 0 saturated carbocycles. The van der Waals surface area contributed by atoms with E-state index < -0.39 is 10.0 Å². The summed E-state index contributed by atoms with van der Waals surface area (Å²) in [6.07, 6.45) is 1.89. The summed E-state index contributed by atoms with van der Waals surface area (Å²) in [7, 11) is -3.55. The first kappa shape index (κ1) is 25.4. The van der Waals surface area contributed by atoms with Crippen molar-refractivity contribution in [2.75, 3.05) is 19.6 Å². The highest BCUT2D eigenvalue weighted by atomic mass is 32.2. The number of nitrogens with zero attached hydrogens (tertiary/aromatic N) is 3. The molecule has 35 heavy (non-hydrogen) atoms. The summed E-state index contributed by atoms with van der Waals surface area (Å²) < 4.78 is 29.9. The minimum Gasteiger partial charge on any atom is -0.356 e. The monoisotopic (exact) mass is 496 g/mol. The van der Waals surface area contributed by atoms with Gasteiger partial charge < -0.3 is 9.88 Å². The average molecular weight is 497 g/mol. The molecule has 0 atom stereocenters. The number of aromatic nitrogens is 2. The molecule has 1 saturated heterocycles. The van der Waals surface area contributed by atoms with Crippen molar-refractivity contribution >= 4 is 27.0 Å². The normalized spacial score (nSPS) is 16.0. The number of sulfonamides is 1. The molecule has 0 bridgehead atoms. The van der Waals surface area contributed by atoms with Crippen molar-refractivity contribution in [1.82, 2.24) is 19.2 Å². The molecular weight excluding hydrogens is 460 g/mol. The molecule has 1 aromatic heterocycles. The number of piperidine rings is 1. The van der Waals surface area contributed by atoms with Crippen LogP contribution in [0.25, 0.3) is 11.0 Å². The number of amides is 1. The molecule has 8 heteroatoms. The number of benzene rings is 2. The van der Waals surface area contributed by atoms with Crippen molar-refractivity contribution < 1.29 is 13.2 Å². The van der Waals surface area contributed by atoms with E-state index in [1.54, 1.807) is 12.1 Å². The van der Waals surface area contributed by atoms with E-state index >= 15 is 0 Å². The molecule has 3 aromatic rings. The van der Waals surface area contributed by atoms with Gasteiger partial charge in [0.25, 0.3) is 0 Å². The molecule has 1 amide bonds. The van der Waals surface area contributed by atoms with Gasteiger partial charge in [0, 0.05) is 32.1 Å². The topological polar surface area (TPSA) is 84.3 Å². The van der Waals surface area contributed by atoms with Gasteiger partial charge in [0.2, 0.25) is 15.9 Å². The fourth-order valence-corrected chi connectivity index (χ4v) is 6.18. The molecule has 2 heterocycles. The number of aryl methyl sites for hydroxylation is 2. The van der Waals surface area contributed by atoms with Crippen LogP contribution >= 0.6 is 0 Å². The van der Waals surface area contributed by atoms with Crippen LogP contribution in [-0.2, 0) is 26.8 Å².